The summed E-state index contributed by atoms with van der Waals surface area (Å²) < 4.78 is 4.74. The quantitative estimate of drug-likeness (QED) is 0.349. The topological polar surface area (TPSA) is 148 Å². The fourth-order valence-corrected chi connectivity index (χ4v) is 1.59. The van der Waals surface area contributed by atoms with Gasteiger partial charge < -0.3 is 30.0 Å². The van der Waals surface area contributed by atoms with Gasteiger partial charge >= 0.3 is 5.97 Å². The van der Waals surface area contributed by atoms with Crippen molar-refractivity contribution >= 4 is 12.3 Å². The number of ether oxygens (including phenoxy) is 1. The maximum absolute atomic E-state index is 11.7. The van der Waals surface area contributed by atoms with Crippen molar-refractivity contribution in [2.75, 3.05) is 0 Å². The molecule has 0 bridgehead atoms. The number of nitriles is 1. The van der Waals surface area contributed by atoms with Crippen molar-refractivity contribution < 1.29 is 34.8 Å². The second-order valence-electron chi connectivity index (χ2n) is 4.41. The van der Waals surface area contributed by atoms with Gasteiger partial charge in [-0.05, 0) is 0 Å². The van der Waals surface area contributed by atoms with E-state index in [0.29, 0.717) is 5.56 Å². The molecule has 1 unspecified atom stereocenters. The SMILES string of the molecule is N#CC(OC(=O)[C@@H](O)[C@@H](O)[C@H](O)[C@@H](O)C=O)c1ccccc1. The number of aldehydes is 1. The first-order valence-corrected chi connectivity index (χ1v) is 6.25. The molecule has 0 radical (unpaired) electrons. The Morgan fingerprint density at radius 1 is 1.14 bits per heavy atom. The Balaban J connectivity index is 2.75. The molecule has 0 heterocycles. The van der Waals surface area contributed by atoms with Gasteiger partial charge in [-0.3, -0.25) is 0 Å². The van der Waals surface area contributed by atoms with Gasteiger partial charge in [0, 0.05) is 5.56 Å². The second kappa shape index (κ2) is 8.21. The van der Waals surface area contributed by atoms with Crippen LogP contribution in [0.5, 0.6) is 0 Å². The Labute approximate surface area is 125 Å². The number of aliphatic hydroxyl groups is 4. The Kier molecular flexibility index (Phi) is 6.62. The number of carbonyl (C=O) groups excluding carboxylic acids is 2. The molecular formula is C14H15NO7. The van der Waals surface area contributed by atoms with E-state index in [1.165, 1.54) is 12.1 Å². The number of hydrogen-bond acceptors (Lipinski definition) is 8. The first kappa shape index (κ1) is 17.7. The minimum Gasteiger partial charge on any atom is -0.440 e. The number of rotatable bonds is 7. The third-order valence-electron chi connectivity index (χ3n) is 2.86. The van der Waals surface area contributed by atoms with Gasteiger partial charge in [-0.2, -0.15) is 5.26 Å². The van der Waals surface area contributed by atoms with Crippen LogP contribution in [0.2, 0.25) is 0 Å². The Morgan fingerprint density at radius 3 is 2.23 bits per heavy atom. The van der Waals surface area contributed by atoms with Crippen molar-refractivity contribution in [2.24, 2.45) is 0 Å². The molecule has 8 nitrogen and oxygen atoms in total. The number of hydrogen-bond donors (Lipinski definition) is 4. The van der Waals surface area contributed by atoms with Crippen molar-refractivity contribution in [3.63, 3.8) is 0 Å². The zero-order chi connectivity index (χ0) is 16.7. The van der Waals surface area contributed by atoms with Crippen LogP contribution in [-0.4, -0.2) is 57.1 Å². The molecule has 0 aliphatic carbocycles. The first-order valence-electron chi connectivity index (χ1n) is 6.25. The summed E-state index contributed by atoms with van der Waals surface area (Å²) in [5.41, 5.74) is 0.355. The maximum atomic E-state index is 11.7. The molecule has 0 aliphatic heterocycles. The van der Waals surface area contributed by atoms with Crippen LogP contribution in [0.4, 0.5) is 0 Å². The molecule has 0 spiro atoms. The summed E-state index contributed by atoms with van der Waals surface area (Å²) in [5.74, 6) is -1.37. The standard InChI is InChI=1S/C14H15NO7/c15-6-10(8-4-2-1-3-5-8)22-14(21)13(20)12(19)11(18)9(17)7-16/h1-5,7,9-13,17-20H/t9-,10?,11+,12-,13-/m0/s1. The van der Waals surface area contributed by atoms with Gasteiger partial charge in [-0.25, -0.2) is 4.79 Å². The number of benzene rings is 1. The predicted octanol–water partition coefficient (Wildman–Crippen LogP) is -1.56. The number of carbonyl (C=O) groups is 2. The lowest BCUT2D eigenvalue weighted by Crippen LogP contribution is -2.48. The number of esters is 1. The largest absolute Gasteiger partial charge is 0.440 e. The van der Waals surface area contributed by atoms with Gasteiger partial charge in [0.2, 0.25) is 6.10 Å². The summed E-state index contributed by atoms with van der Waals surface area (Å²) in [6.07, 6.45) is -9.81. The normalized spacial score (nSPS) is 17.4. The lowest BCUT2D eigenvalue weighted by atomic mass is 10.0. The summed E-state index contributed by atoms with van der Waals surface area (Å²) >= 11 is 0. The molecule has 5 atom stereocenters. The molecular weight excluding hydrogens is 294 g/mol. The highest BCUT2D eigenvalue weighted by Crippen LogP contribution is 2.18. The van der Waals surface area contributed by atoms with Crippen molar-refractivity contribution in [3.8, 4) is 6.07 Å². The summed E-state index contributed by atoms with van der Waals surface area (Å²) in [4.78, 5) is 22.0. The van der Waals surface area contributed by atoms with E-state index < -0.39 is 36.5 Å². The van der Waals surface area contributed by atoms with Crippen molar-refractivity contribution in [1.82, 2.24) is 0 Å². The average molecular weight is 309 g/mol. The average Bonchev–Trinajstić information content (AvgIpc) is 2.57. The molecule has 8 heteroatoms. The van der Waals surface area contributed by atoms with Crippen molar-refractivity contribution in [2.45, 2.75) is 30.5 Å². The Morgan fingerprint density at radius 2 is 1.73 bits per heavy atom. The molecule has 1 rings (SSSR count). The van der Waals surface area contributed by atoms with Gasteiger partial charge in [-0.15, -0.1) is 0 Å². The third kappa shape index (κ3) is 4.34. The van der Waals surface area contributed by atoms with Crippen LogP contribution in [0.15, 0.2) is 30.3 Å². The number of aliphatic hydroxyl groups excluding tert-OH is 4. The van der Waals surface area contributed by atoms with E-state index in [1.807, 2.05) is 0 Å². The molecule has 4 N–H and O–H groups in total. The third-order valence-corrected chi connectivity index (χ3v) is 2.86. The van der Waals surface area contributed by atoms with E-state index in [2.05, 4.69) is 0 Å². The van der Waals surface area contributed by atoms with Crippen molar-refractivity contribution in [1.29, 1.82) is 5.26 Å². The van der Waals surface area contributed by atoms with Gasteiger partial charge in [0.1, 0.15) is 24.4 Å². The minimum absolute atomic E-state index is 0.0615. The molecule has 0 saturated carbocycles. The van der Waals surface area contributed by atoms with E-state index >= 15 is 0 Å². The molecule has 0 amide bonds. The summed E-state index contributed by atoms with van der Waals surface area (Å²) in [6, 6.07) is 9.67. The van der Waals surface area contributed by atoms with E-state index in [4.69, 9.17) is 15.1 Å². The van der Waals surface area contributed by atoms with Gasteiger partial charge in [-0.1, -0.05) is 30.3 Å². The first-order chi connectivity index (χ1) is 10.4. The van der Waals surface area contributed by atoms with Crippen LogP contribution >= 0.6 is 0 Å². The zero-order valence-corrected chi connectivity index (χ0v) is 11.3. The summed E-state index contributed by atoms with van der Waals surface area (Å²) in [5, 5.41) is 46.4. The molecule has 1 aromatic carbocycles. The van der Waals surface area contributed by atoms with Crippen LogP contribution in [0.3, 0.4) is 0 Å². The minimum atomic E-state index is -2.23. The van der Waals surface area contributed by atoms with Crippen LogP contribution < -0.4 is 0 Å². The smallest absolute Gasteiger partial charge is 0.339 e. The van der Waals surface area contributed by atoms with E-state index in [-0.39, 0.29) is 6.29 Å². The highest BCUT2D eigenvalue weighted by atomic mass is 16.6. The highest BCUT2D eigenvalue weighted by Gasteiger charge is 2.36. The zero-order valence-electron chi connectivity index (χ0n) is 11.3. The van der Waals surface area contributed by atoms with Crippen LogP contribution in [0.1, 0.15) is 11.7 Å². The Bertz CT molecular complexity index is 542. The van der Waals surface area contributed by atoms with Gasteiger partial charge in [0.05, 0.1) is 0 Å². The van der Waals surface area contributed by atoms with Crippen LogP contribution in [0, 0.1) is 11.3 Å². The molecule has 0 aromatic heterocycles. The maximum Gasteiger partial charge on any atom is 0.339 e. The lowest BCUT2D eigenvalue weighted by Gasteiger charge is -2.23. The van der Waals surface area contributed by atoms with E-state index in [1.54, 1.807) is 24.3 Å². The highest BCUT2D eigenvalue weighted by molar-refractivity contribution is 5.76. The van der Waals surface area contributed by atoms with Gasteiger partial charge in [0.25, 0.3) is 0 Å². The molecule has 1 aromatic rings. The van der Waals surface area contributed by atoms with Gasteiger partial charge in [0.15, 0.2) is 12.4 Å². The molecule has 22 heavy (non-hydrogen) atoms. The molecule has 0 saturated heterocycles. The summed E-state index contributed by atoms with van der Waals surface area (Å²) in [7, 11) is 0. The summed E-state index contributed by atoms with van der Waals surface area (Å²) in [6.45, 7) is 0. The monoisotopic (exact) mass is 309 g/mol. The lowest BCUT2D eigenvalue weighted by molar-refractivity contribution is -0.172. The van der Waals surface area contributed by atoms with Crippen LogP contribution in [-0.2, 0) is 14.3 Å². The number of nitrogens with zero attached hydrogens (tertiary/aromatic N) is 1. The molecule has 118 valence electrons. The fourth-order valence-electron chi connectivity index (χ4n) is 1.59. The Hall–Kier alpha value is -2.31. The van der Waals surface area contributed by atoms with E-state index in [0.717, 1.165) is 0 Å². The van der Waals surface area contributed by atoms with Crippen LogP contribution in [0.25, 0.3) is 0 Å². The second-order valence-corrected chi connectivity index (χ2v) is 4.41. The predicted molar refractivity (Wildman–Crippen MR) is 71.0 cm³/mol. The van der Waals surface area contributed by atoms with E-state index in [9.17, 15) is 24.9 Å². The molecule has 0 aliphatic rings. The molecule has 0 fully saturated rings. The fraction of sp³-hybridized carbons (Fsp3) is 0.357. The van der Waals surface area contributed by atoms with Crippen molar-refractivity contribution in [3.05, 3.63) is 35.9 Å².